The van der Waals surface area contributed by atoms with Gasteiger partial charge in [0.15, 0.2) is 0 Å². The van der Waals surface area contributed by atoms with Crippen molar-refractivity contribution >= 4 is 39.2 Å². The molecule has 0 unspecified atom stereocenters. The smallest absolute Gasteiger partial charge is 0.335 e. The van der Waals surface area contributed by atoms with Crippen LogP contribution in [0.1, 0.15) is 15.9 Å². The molecule has 5 heteroatoms. The van der Waals surface area contributed by atoms with Gasteiger partial charge in [-0.25, -0.2) is 4.79 Å². The fourth-order valence-electron chi connectivity index (χ4n) is 1.87. The molecule has 1 N–H and O–H groups in total. The highest BCUT2D eigenvalue weighted by Gasteiger charge is 2.09. The maximum absolute atomic E-state index is 11.1. The van der Waals surface area contributed by atoms with Crippen molar-refractivity contribution in [3.05, 3.63) is 63.1 Å². The minimum absolute atomic E-state index is 0.261. The Morgan fingerprint density at radius 1 is 1.25 bits per heavy atom. The summed E-state index contributed by atoms with van der Waals surface area (Å²) in [5, 5.41) is 9.78. The van der Waals surface area contributed by atoms with Crippen LogP contribution in [0.25, 0.3) is 0 Å². The van der Waals surface area contributed by atoms with E-state index in [0.29, 0.717) is 11.6 Å². The van der Waals surface area contributed by atoms with Gasteiger partial charge in [-0.1, -0.05) is 39.7 Å². The van der Waals surface area contributed by atoms with E-state index in [-0.39, 0.29) is 5.56 Å². The largest absolute Gasteiger partial charge is 0.478 e. The number of carboxylic acids is 1. The third kappa shape index (κ3) is 3.74. The summed E-state index contributed by atoms with van der Waals surface area (Å²) in [6.45, 7) is 0.673. The molecule has 0 saturated heterocycles. The van der Waals surface area contributed by atoms with Gasteiger partial charge in [-0.15, -0.1) is 0 Å². The standard InChI is InChI=1S/C15H13BrClNO2/c1-18(9-10-2-4-13(17)5-3-10)14-7-11(15(19)20)6-12(16)8-14/h2-8H,9H2,1H3,(H,19,20). The molecular formula is C15H13BrClNO2. The highest BCUT2D eigenvalue weighted by atomic mass is 79.9. The SMILES string of the molecule is CN(Cc1ccc(Cl)cc1)c1cc(Br)cc(C(=O)O)c1. The highest BCUT2D eigenvalue weighted by Crippen LogP contribution is 2.24. The molecule has 0 aliphatic heterocycles. The third-order valence-corrected chi connectivity index (χ3v) is 3.61. The molecule has 0 spiro atoms. The first-order valence-corrected chi connectivity index (χ1v) is 7.12. The van der Waals surface area contributed by atoms with Crippen LogP contribution in [0, 0.1) is 0 Å². The summed E-state index contributed by atoms with van der Waals surface area (Å²) < 4.78 is 0.746. The summed E-state index contributed by atoms with van der Waals surface area (Å²) in [5.74, 6) is -0.938. The first-order chi connectivity index (χ1) is 9.45. The van der Waals surface area contributed by atoms with Gasteiger partial charge in [-0.3, -0.25) is 0 Å². The van der Waals surface area contributed by atoms with Crippen molar-refractivity contribution in [2.24, 2.45) is 0 Å². The average Bonchev–Trinajstić information content (AvgIpc) is 2.40. The van der Waals surface area contributed by atoms with Gasteiger partial charge in [0.2, 0.25) is 0 Å². The number of halogens is 2. The van der Waals surface area contributed by atoms with E-state index in [9.17, 15) is 4.79 Å². The Morgan fingerprint density at radius 2 is 1.90 bits per heavy atom. The summed E-state index contributed by atoms with van der Waals surface area (Å²) in [4.78, 5) is 13.1. The van der Waals surface area contributed by atoms with Crippen LogP contribution in [0.3, 0.4) is 0 Å². The van der Waals surface area contributed by atoms with E-state index in [2.05, 4.69) is 15.9 Å². The number of aromatic carboxylic acids is 1. The lowest BCUT2D eigenvalue weighted by molar-refractivity contribution is 0.0697. The summed E-state index contributed by atoms with van der Waals surface area (Å²) in [5.41, 5.74) is 2.21. The normalized spacial score (nSPS) is 10.3. The summed E-state index contributed by atoms with van der Waals surface area (Å²) >= 11 is 9.19. The molecule has 0 fully saturated rings. The maximum Gasteiger partial charge on any atom is 0.335 e. The average molecular weight is 355 g/mol. The first-order valence-electron chi connectivity index (χ1n) is 5.95. The Kier molecular flexibility index (Phi) is 4.68. The molecule has 2 aromatic carbocycles. The zero-order valence-corrected chi connectivity index (χ0v) is 13.1. The van der Waals surface area contributed by atoms with E-state index in [1.807, 2.05) is 42.3 Å². The third-order valence-electron chi connectivity index (χ3n) is 2.90. The molecule has 0 radical (unpaired) electrons. The van der Waals surface area contributed by atoms with Gasteiger partial charge in [0.05, 0.1) is 5.56 Å². The second-order valence-corrected chi connectivity index (χ2v) is 5.84. The van der Waals surface area contributed by atoms with Crippen LogP contribution >= 0.6 is 27.5 Å². The second-order valence-electron chi connectivity index (χ2n) is 4.49. The van der Waals surface area contributed by atoms with Crippen LogP contribution in [-0.2, 0) is 6.54 Å². The molecule has 2 rings (SSSR count). The van der Waals surface area contributed by atoms with Crippen LogP contribution in [-0.4, -0.2) is 18.1 Å². The van der Waals surface area contributed by atoms with E-state index in [1.54, 1.807) is 12.1 Å². The van der Waals surface area contributed by atoms with Crippen LogP contribution in [0.4, 0.5) is 5.69 Å². The van der Waals surface area contributed by atoms with Crippen LogP contribution in [0.15, 0.2) is 46.9 Å². The van der Waals surface area contributed by atoms with Gasteiger partial charge >= 0.3 is 5.97 Å². The van der Waals surface area contributed by atoms with Crippen molar-refractivity contribution in [1.82, 2.24) is 0 Å². The predicted octanol–water partition coefficient (Wildman–Crippen LogP) is 4.44. The summed E-state index contributed by atoms with van der Waals surface area (Å²) in [6, 6.07) is 12.7. The van der Waals surface area contributed by atoms with Crippen LogP contribution in [0.5, 0.6) is 0 Å². The molecule has 0 aliphatic carbocycles. The Morgan fingerprint density at radius 3 is 2.50 bits per heavy atom. The van der Waals surface area contributed by atoms with Gasteiger partial charge in [0.1, 0.15) is 0 Å². The molecule has 0 atom stereocenters. The first kappa shape index (κ1) is 14.9. The molecule has 0 amide bonds. The molecule has 0 bridgehead atoms. The number of anilines is 1. The summed E-state index contributed by atoms with van der Waals surface area (Å²) in [7, 11) is 1.92. The molecule has 0 saturated carbocycles. The molecule has 0 heterocycles. The molecule has 2 aromatic rings. The number of carbonyl (C=O) groups is 1. The fraction of sp³-hybridized carbons (Fsp3) is 0.133. The predicted molar refractivity (Wildman–Crippen MR) is 84.7 cm³/mol. The molecular weight excluding hydrogens is 342 g/mol. The Balaban J connectivity index is 2.22. The van der Waals surface area contributed by atoms with Gasteiger partial charge in [-0.2, -0.15) is 0 Å². The van der Waals surface area contributed by atoms with Crippen molar-refractivity contribution in [2.75, 3.05) is 11.9 Å². The highest BCUT2D eigenvalue weighted by molar-refractivity contribution is 9.10. The number of carboxylic acid groups (broad SMARTS) is 1. The van der Waals surface area contributed by atoms with E-state index < -0.39 is 5.97 Å². The monoisotopic (exact) mass is 353 g/mol. The molecule has 3 nitrogen and oxygen atoms in total. The lowest BCUT2D eigenvalue weighted by Crippen LogP contribution is -2.16. The van der Waals surface area contributed by atoms with Crippen LogP contribution in [0.2, 0.25) is 5.02 Å². The molecule has 104 valence electrons. The summed E-state index contributed by atoms with van der Waals surface area (Å²) in [6.07, 6.45) is 0. The van der Waals surface area contributed by atoms with Crippen LogP contribution < -0.4 is 4.90 Å². The lowest BCUT2D eigenvalue weighted by atomic mass is 10.1. The number of rotatable bonds is 4. The number of hydrogen-bond donors (Lipinski definition) is 1. The molecule has 20 heavy (non-hydrogen) atoms. The van der Waals surface area contributed by atoms with Gasteiger partial charge in [0.25, 0.3) is 0 Å². The molecule has 0 aromatic heterocycles. The minimum atomic E-state index is -0.938. The van der Waals surface area contributed by atoms with E-state index in [1.165, 1.54) is 0 Å². The van der Waals surface area contributed by atoms with Crippen molar-refractivity contribution in [3.63, 3.8) is 0 Å². The van der Waals surface area contributed by atoms with Gasteiger partial charge in [0, 0.05) is 28.8 Å². The Labute approximate surface area is 130 Å². The Bertz CT molecular complexity index is 628. The molecule has 0 aliphatic rings. The topological polar surface area (TPSA) is 40.5 Å². The Hall–Kier alpha value is -1.52. The van der Waals surface area contributed by atoms with Crippen molar-refractivity contribution in [1.29, 1.82) is 0 Å². The second kappa shape index (κ2) is 6.29. The van der Waals surface area contributed by atoms with Crippen molar-refractivity contribution in [2.45, 2.75) is 6.54 Å². The fourth-order valence-corrected chi connectivity index (χ4v) is 2.48. The zero-order valence-electron chi connectivity index (χ0n) is 10.8. The number of nitrogens with zero attached hydrogens (tertiary/aromatic N) is 1. The number of benzene rings is 2. The van der Waals surface area contributed by atoms with Gasteiger partial charge in [-0.05, 0) is 35.9 Å². The zero-order chi connectivity index (χ0) is 14.7. The lowest BCUT2D eigenvalue weighted by Gasteiger charge is -2.20. The van der Waals surface area contributed by atoms with Gasteiger partial charge < -0.3 is 10.0 Å². The van der Waals surface area contributed by atoms with Crippen molar-refractivity contribution in [3.8, 4) is 0 Å². The van der Waals surface area contributed by atoms with E-state index >= 15 is 0 Å². The number of hydrogen-bond acceptors (Lipinski definition) is 2. The maximum atomic E-state index is 11.1. The van der Waals surface area contributed by atoms with E-state index in [0.717, 1.165) is 15.7 Å². The van der Waals surface area contributed by atoms with E-state index in [4.69, 9.17) is 16.7 Å². The van der Waals surface area contributed by atoms with Crippen molar-refractivity contribution < 1.29 is 9.90 Å². The quantitative estimate of drug-likeness (QED) is 0.882. The minimum Gasteiger partial charge on any atom is -0.478 e.